The van der Waals surface area contributed by atoms with E-state index in [-0.39, 0.29) is 5.78 Å². The molecule has 1 aromatic heterocycles. The van der Waals surface area contributed by atoms with Crippen LogP contribution in [0.25, 0.3) is 0 Å². The minimum atomic E-state index is 0.0668. The number of rotatable bonds is 6. The van der Waals surface area contributed by atoms with E-state index >= 15 is 0 Å². The van der Waals surface area contributed by atoms with Crippen LogP contribution < -0.4 is 4.74 Å². The summed E-state index contributed by atoms with van der Waals surface area (Å²) in [6.45, 7) is 4.14. The number of nitrogens with zero attached hydrogens (tertiary/aromatic N) is 1. The molecule has 20 heavy (non-hydrogen) atoms. The van der Waals surface area contributed by atoms with Crippen molar-refractivity contribution < 1.29 is 9.53 Å². The lowest BCUT2D eigenvalue weighted by molar-refractivity contribution is 0.101. The fourth-order valence-electron chi connectivity index (χ4n) is 1.79. The lowest BCUT2D eigenvalue weighted by atomic mass is 10.1. The van der Waals surface area contributed by atoms with Crippen molar-refractivity contribution in [2.75, 3.05) is 6.61 Å². The van der Waals surface area contributed by atoms with Crippen molar-refractivity contribution in [1.29, 1.82) is 0 Å². The van der Waals surface area contributed by atoms with Crippen molar-refractivity contribution in [2.24, 2.45) is 0 Å². The second-order valence-electron chi connectivity index (χ2n) is 4.27. The fraction of sp³-hybridized carbons (Fsp3) is 0.250. The zero-order chi connectivity index (χ0) is 14.4. The van der Waals surface area contributed by atoms with Crippen molar-refractivity contribution in [3.63, 3.8) is 0 Å². The number of pyridine rings is 1. The van der Waals surface area contributed by atoms with Crippen LogP contribution in [0.3, 0.4) is 0 Å². The highest BCUT2D eigenvalue weighted by molar-refractivity contribution is 7.98. The van der Waals surface area contributed by atoms with Crippen LogP contribution in [0.4, 0.5) is 0 Å². The van der Waals surface area contributed by atoms with E-state index in [2.05, 4.69) is 4.98 Å². The van der Waals surface area contributed by atoms with Crippen LogP contribution in [0.2, 0.25) is 0 Å². The molecule has 0 saturated heterocycles. The van der Waals surface area contributed by atoms with E-state index in [1.54, 1.807) is 24.9 Å². The molecule has 0 spiro atoms. The third-order valence-electron chi connectivity index (χ3n) is 2.78. The van der Waals surface area contributed by atoms with E-state index in [1.165, 1.54) is 0 Å². The summed E-state index contributed by atoms with van der Waals surface area (Å²) in [5.41, 5.74) is 1.74. The van der Waals surface area contributed by atoms with Crippen molar-refractivity contribution >= 4 is 17.5 Å². The quantitative estimate of drug-likeness (QED) is 0.595. The number of Topliss-reactive ketones (excluding diaryl/α,β-unsaturated/α-hetero) is 1. The Morgan fingerprint density at radius 2 is 2.15 bits per heavy atom. The Morgan fingerprint density at radius 1 is 1.30 bits per heavy atom. The van der Waals surface area contributed by atoms with Gasteiger partial charge in [-0.3, -0.25) is 4.79 Å². The van der Waals surface area contributed by atoms with Gasteiger partial charge in [0.1, 0.15) is 5.75 Å². The van der Waals surface area contributed by atoms with E-state index in [4.69, 9.17) is 4.74 Å². The molecule has 0 aliphatic carbocycles. The van der Waals surface area contributed by atoms with Crippen LogP contribution >= 0.6 is 11.8 Å². The number of ether oxygens (including phenoxy) is 1. The first-order chi connectivity index (χ1) is 9.70. The summed E-state index contributed by atoms with van der Waals surface area (Å²) in [6.07, 6.45) is 1.78. The number of aromatic nitrogens is 1. The molecule has 0 atom stereocenters. The van der Waals surface area contributed by atoms with E-state index in [0.717, 1.165) is 22.1 Å². The summed E-state index contributed by atoms with van der Waals surface area (Å²) in [4.78, 5) is 15.8. The van der Waals surface area contributed by atoms with Crippen molar-refractivity contribution in [2.45, 2.75) is 24.6 Å². The number of benzene rings is 1. The molecule has 0 unspecified atom stereocenters. The Labute approximate surface area is 123 Å². The molecular formula is C16H17NO2S. The second-order valence-corrected chi connectivity index (χ2v) is 5.26. The Balaban J connectivity index is 2.19. The summed E-state index contributed by atoms with van der Waals surface area (Å²) in [5.74, 6) is 1.63. The van der Waals surface area contributed by atoms with Crippen LogP contribution in [0.5, 0.6) is 5.75 Å². The second kappa shape index (κ2) is 7.10. The molecule has 0 aliphatic heterocycles. The van der Waals surface area contributed by atoms with E-state index in [1.807, 2.05) is 43.3 Å². The largest absolute Gasteiger partial charge is 0.494 e. The predicted molar refractivity (Wildman–Crippen MR) is 81.4 cm³/mol. The summed E-state index contributed by atoms with van der Waals surface area (Å²) in [7, 11) is 0. The maximum absolute atomic E-state index is 11.5. The van der Waals surface area contributed by atoms with Gasteiger partial charge in [-0.15, -0.1) is 11.8 Å². The Morgan fingerprint density at radius 3 is 2.80 bits per heavy atom. The smallest absolute Gasteiger partial charge is 0.159 e. The molecule has 0 fully saturated rings. The summed E-state index contributed by atoms with van der Waals surface area (Å²) in [5, 5.41) is 0.961. The van der Waals surface area contributed by atoms with Gasteiger partial charge in [0, 0.05) is 23.1 Å². The van der Waals surface area contributed by atoms with Crippen LogP contribution in [0.15, 0.2) is 47.6 Å². The molecule has 2 aromatic rings. The summed E-state index contributed by atoms with van der Waals surface area (Å²) < 4.78 is 5.62. The zero-order valence-electron chi connectivity index (χ0n) is 11.6. The lowest BCUT2D eigenvalue weighted by Crippen LogP contribution is -1.99. The highest BCUT2D eigenvalue weighted by Crippen LogP contribution is 2.28. The fourth-order valence-corrected chi connectivity index (χ4v) is 2.63. The van der Waals surface area contributed by atoms with Gasteiger partial charge in [-0.05, 0) is 44.2 Å². The standard InChI is InChI=1S/C16H17NO2S/c1-3-19-15-8-7-13(12(2)18)10-14(15)11-20-16-6-4-5-9-17-16/h4-10H,3,11H2,1-2H3. The number of hydrogen-bond acceptors (Lipinski definition) is 4. The molecule has 2 rings (SSSR count). The first-order valence-electron chi connectivity index (χ1n) is 6.51. The maximum Gasteiger partial charge on any atom is 0.159 e. The molecule has 1 aromatic carbocycles. The van der Waals surface area contributed by atoms with Crippen LogP contribution in [-0.2, 0) is 5.75 Å². The minimum Gasteiger partial charge on any atom is -0.494 e. The highest BCUT2D eigenvalue weighted by atomic mass is 32.2. The van der Waals surface area contributed by atoms with Crippen LogP contribution in [-0.4, -0.2) is 17.4 Å². The summed E-state index contributed by atoms with van der Waals surface area (Å²) in [6, 6.07) is 11.4. The van der Waals surface area contributed by atoms with Gasteiger partial charge in [0.2, 0.25) is 0 Å². The number of hydrogen-bond donors (Lipinski definition) is 0. The lowest BCUT2D eigenvalue weighted by Gasteiger charge is -2.11. The Hall–Kier alpha value is -1.81. The predicted octanol–water partition coefficient (Wildman–Crippen LogP) is 3.98. The van der Waals surface area contributed by atoms with Crippen LogP contribution in [0.1, 0.15) is 29.8 Å². The van der Waals surface area contributed by atoms with Crippen molar-refractivity contribution in [3.8, 4) is 5.75 Å². The van der Waals surface area contributed by atoms with Gasteiger partial charge in [0.25, 0.3) is 0 Å². The minimum absolute atomic E-state index is 0.0668. The molecule has 0 radical (unpaired) electrons. The first kappa shape index (κ1) is 14.6. The molecule has 0 bridgehead atoms. The molecule has 1 heterocycles. The van der Waals surface area contributed by atoms with E-state index in [9.17, 15) is 4.79 Å². The highest BCUT2D eigenvalue weighted by Gasteiger charge is 2.08. The average Bonchev–Trinajstić information content (AvgIpc) is 2.47. The monoisotopic (exact) mass is 287 g/mol. The average molecular weight is 287 g/mol. The molecule has 3 nitrogen and oxygen atoms in total. The number of thioether (sulfide) groups is 1. The van der Waals surface area contributed by atoms with Crippen molar-refractivity contribution in [3.05, 3.63) is 53.7 Å². The van der Waals surface area contributed by atoms with Gasteiger partial charge in [0.05, 0.1) is 11.6 Å². The van der Waals surface area contributed by atoms with Gasteiger partial charge in [0.15, 0.2) is 5.78 Å². The third kappa shape index (κ3) is 3.84. The van der Waals surface area contributed by atoms with Gasteiger partial charge in [-0.2, -0.15) is 0 Å². The maximum atomic E-state index is 11.5. The van der Waals surface area contributed by atoms with E-state index < -0.39 is 0 Å². The molecule has 4 heteroatoms. The number of carbonyl (C=O) groups excluding carboxylic acids is 1. The third-order valence-corrected chi connectivity index (χ3v) is 3.77. The molecule has 0 aliphatic rings. The Kier molecular flexibility index (Phi) is 5.18. The zero-order valence-corrected chi connectivity index (χ0v) is 12.4. The van der Waals surface area contributed by atoms with Crippen LogP contribution in [0, 0.1) is 0 Å². The molecule has 0 saturated carbocycles. The first-order valence-corrected chi connectivity index (χ1v) is 7.49. The van der Waals surface area contributed by atoms with Gasteiger partial charge < -0.3 is 4.74 Å². The van der Waals surface area contributed by atoms with Crippen molar-refractivity contribution in [1.82, 2.24) is 4.98 Å². The Bertz CT molecular complexity index is 584. The summed E-state index contributed by atoms with van der Waals surface area (Å²) >= 11 is 1.63. The van der Waals surface area contributed by atoms with Gasteiger partial charge in [-0.25, -0.2) is 4.98 Å². The topological polar surface area (TPSA) is 39.2 Å². The normalized spacial score (nSPS) is 10.3. The number of carbonyl (C=O) groups is 1. The SMILES string of the molecule is CCOc1ccc(C(C)=O)cc1CSc1ccccn1. The van der Waals surface area contributed by atoms with E-state index in [0.29, 0.717) is 12.2 Å². The molecule has 104 valence electrons. The molecule has 0 amide bonds. The van der Waals surface area contributed by atoms with Gasteiger partial charge >= 0.3 is 0 Å². The molecule has 0 N–H and O–H groups in total. The number of ketones is 1. The molecular weight excluding hydrogens is 270 g/mol. The van der Waals surface area contributed by atoms with Gasteiger partial charge in [-0.1, -0.05) is 6.07 Å².